The number of hydrazine groups is 1. The van der Waals surface area contributed by atoms with Crippen LogP contribution in [0.1, 0.15) is 30.1 Å². The molecule has 1 rings (SSSR count). The smallest absolute Gasteiger partial charge is 0.251 e. The number of hydrogen-bond acceptors (Lipinski definition) is 4. The van der Waals surface area contributed by atoms with E-state index >= 15 is 0 Å². The van der Waals surface area contributed by atoms with E-state index in [1.54, 1.807) is 18.3 Å². The van der Waals surface area contributed by atoms with E-state index in [-0.39, 0.29) is 5.91 Å². The molecular formula is C10H16N4O. The molecule has 0 radical (unpaired) electrons. The lowest BCUT2D eigenvalue weighted by atomic mass is 10.2. The second-order valence-electron chi connectivity index (χ2n) is 3.18. The summed E-state index contributed by atoms with van der Waals surface area (Å²) in [5.41, 5.74) is 2.96. The average Bonchev–Trinajstić information content (AvgIpc) is 2.29. The fourth-order valence-electron chi connectivity index (χ4n) is 1.13. The number of pyridine rings is 1. The van der Waals surface area contributed by atoms with Crippen molar-refractivity contribution in [3.63, 3.8) is 0 Å². The first-order valence-corrected chi connectivity index (χ1v) is 4.98. The van der Waals surface area contributed by atoms with E-state index in [0.717, 1.165) is 12.8 Å². The Bertz CT molecular complexity index is 327. The molecule has 0 spiro atoms. The van der Waals surface area contributed by atoms with Gasteiger partial charge in [0.1, 0.15) is 5.82 Å². The van der Waals surface area contributed by atoms with Crippen molar-refractivity contribution < 1.29 is 4.79 Å². The minimum Gasteiger partial charge on any atom is -0.352 e. The summed E-state index contributed by atoms with van der Waals surface area (Å²) in [4.78, 5) is 15.5. The van der Waals surface area contributed by atoms with Gasteiger partial charge < -0.3 is 10.7 Å². The number of nitrogens with two attached hydrogens (primary N) is 1. The third-order valence-electron chi connectivity index (χ3n) is 1.99. The molecule has 0 aliphatic carbocycles. The predicted octanol–water partition coefficient (Wildman–Crippen LogP) is 0.897. The van der Waals surface area contributed by atoms with Crippen molar-refractivity contribution in [2.75, 3.05) is 12.0 Å². The summed E-state index contributed by atoms with van der Waals surface area (Å²) >= 11 is 0. The van der Waals surface area contributed by atoms with E-state index < -0.39 is 0 Å². The fourth-order valence-corrected chi connectivity index (χ4v) is 1.13. The first-order valence-electron chi connectivity index (χ1n) is 4.98. The Balaban J connectivity index is 2.57. The highest BCUT2D eigenvalue weighted by Gasteiger charge is 2.04. The number of nitrogen functional groups attached to an aromatic ring is 1. The van der Waals surface area contributed by atoms with E-state index in [4.69, 9.17) is 5.84 Å². The van der Waals surface area contributed by atoms with Crippen LogP contribution >= 0.6 is 0 Å². The molecule has 0 bridgehead atoms. The minimum absolute atomic E-state index is 0.0950. The third-order valence-corrected chi connectivity index (χ3v) is 1.99. The minimum atomic E-state index is -0.0950. The normalized spacial score (nSPS) is 9.73. The van der Waals surface area contributed by atoms with Gasteiger partial charge in [-0.15, -0.1) is 0 Å². The molecule has 0 atom stereocenters. The molecule has 1 amide bonds. The molecule has 1 aromatic rings. The number of hydrogen-bond donors (Lipinski definition) is 3. The van der Waals surface area contributed by atoms with Crippen molar-refractivity contribution in [2.24, 2.45) is 5.84 Å². The molecule has 1 aromatic heterocycles. The molecule has 0 saturated heterocycles. The molecule has 5 heteroatoms. The van der Waals surface area contributed by atoms with Gasteiger partial charge in [0.25, 0.3) is 5.91 Å². The van der Waals surface area contributed by atoms with Gasteiger partial charge in [0.15, 0.2) is 0 Å². The van der Waals surface area contributed by atoms with Crippen LogP contribution in [0.5, 0.6) is 0 Å². The number of nitrogens with one attached hydrogen (secondary N) is 2. The summed E-state index contributed by atoms with van der Waals surface area (Å²) in [5, 5.41) is 2.82. The zero-order valence-electron chi connectivity index (χ0n) is 8.79. The molecule has 82 valence electrons. The number of nitrogens with zero attached hydrogens (tertiary/aromatic N) is 1. The van der Waals surface area contributed by atoms with Crippen LogP contribution in [-0.4, -0.2) is 17.4 Å². The van der Waals surface area contributed by atoms with Crippen molar-refractivity contribution >= 4 is 11.7 Å². The molecule has 0 unspecified atom stereocenters. The maximum Gasteiger partial charge on any atom is 0.251 e. The van der Waals surface area contributed by atoms with Gasteiger partial charge >= 0.3 is 0 Å². The zero-order valence-corrected chi connectivity index (χ0v) is 8.79. The molecule has 0 aliphatic rings. The van der Waals surface area contributed by atoms with E-state index in [2.05, 4.69) is 22.7 Å². The predicted molar refractivity (Wildman–Crippen MR) is 59.3 cm³/mol. The highest BCUT2D eigenvalue weighted by atomic mass is 16.1. The Hall–Kier alpha value is -1.62. The Morgan fingerprint density at radius 1 is 1.60 bits per heavy atom. The highest BCUT2D eigenvalue weighted by molar-refractivity contribution is 5.94. The Labute approximate surface area is 89.0 Å². The maximum atomic E-state index is 11.6. The Morgan fingerprint density at radius 2 is 2.40 bits per heavy atom. The molecule has 0 saturated carbocycles. The molecule has 0 fully saturated rings. The van der Waals surface area contributed by atoms with Gasteiger partial charge in [0.2, 0.25) is 0 Å². The number of amides is 1. The number of rotatable bonds is 5. The van der Waals surface area contributed by atoms with Crippen molar-refractivity contribution in [3.8, 4) is 0 Å². The first kappa shape index (κ1) is 11.5. The lowest BCUT2D eigenvalue weighted by Crippen LogP contribution is -2.24. The molecule has 1 heterocycles. The van der Waals surface area contributed by atoms with Gasteiger partial charge in [-0.05, 0) is 18.6 Å². The van der Waals surface area contributed by atoms with Crippen LogP contribution in [0.2, 0.25) is 0 Å². The third kappa shape index (κ3) is 3.55. The van der Waals surface area contributed by atoms with Gasteiger partial charge in [0, 0.05) is 18.3 Å². The summed E-state index contributed by atoms with van der Waals surface area (Å²) < 4.78 is 0. The van der Waals surface area contributed by atoms with Crippen LogP contribution in [0.15, 0.2) is 18.3 Å². The summed E-state index contributed by atoms with van der Waals surface area (Å²) in [7, 11) is 0. The standard InChI is InChI=1S/C10H16N4O/c1-2-3-5-13-10(15)8-4-6-12-9(7-8)14-11/h4,6-7H,2-3,5,11H2,1H3,(H,12,14)(H,13,15). The monoisotopic (exact) mass is 208 g/mol. The summed E-state index contributed by atoms with van der Waals surface area (Å²) in [6.45, 7) is 2.78. The molecule has 0 aromatic carbocycles. The van der Waals surface area contributed by atoms with Crippen molar-refractivity contribution in [1.82, 2.24) is 10.3 Å². The fraction of sp³-hybridized carbons (Fsp3) is 0.400. The maximum absolute atomic E-state index is 11.6. The van der Waals surface area contributed by atoms with Crippen molar-refractivity contribution in [3.05, 3.63) is 23.9 Å². The SMILES string of the molecule is CCCCNC(=O)c1ccnc(NN)c1. The largest absolute Gasteiger partial charge is 0.352 e. The first-order chi connectivity index (χ1) is 7.27. The van der Waals surface area contributed by atoms with Crippen LogP contribution in [0.25, 0.3) is 0 Å². The second-order valence-corrected chi connectivity index (χ2v) is 3.18. The molecule has 15 heavy (non-hydrogen) atoms. The van der Waals surface area contributed by atoms with Crippen LogP contribution in [0.3, 0.4) is 0 Å². The summed E-state index contributed by atoms with van der Waals surface area (Å²) in [6, 6.07) is 3.27. The summed E-state index contributed by atoms with van der Waals surface area (Å²) in [5.74, 6) is 5.59. The van der Waals surface area contributed by atoms with Crippen molar-refractivity contribution in [1.29, 1.82) is 0 Å². The topological polar surface area (TPSA) is 80.0 Å². The number of anilines is 1. The number of carbonyl (C=O) groups excluding carboxylic acids is 1. The lowest BCUT2D eigenvalue weighted by molar-refractivity contribution is 0.0953. The van der Waals surface area contributed by atoms with Gasteiger partial charge in [-0.1, -0.05) is 13.3 Å². The van der Waals surface area contributed by atoms with E-state index in [9.17, 15) is 4.79 Å². The molecule has 0 aliphatic heterocycles. The van der Waals surface area contributed by atoms with Crippen molar-refractivity contribution in [2.45, 2.75) is 19.8 Å². The Kier molecular flexibility index (Phi) is 4.56. The van der Waals surface area contributed by atoms with Crippen LogP contribution in [-0.2, 0) is 0 Å². The summed E-state index contributed by atoms with van der Waals surface area (Å²) in [6.07, 6.45) is 3.59. The highest BCUT2D eigenvalue weighted by Crippen LogP contribution is 2.04. The number of carbonyl (C=O) groups is 1. The average molecular weight is 208 g/mol. The molecule has 5 nitrogen and oxygen atoms in total. The van der Waals surface area contributed by atoms with Gasteiger partial charge in [-0.2, -0.15) is 0 Å². The van der Waals surface area contributed by atoms with E-state index in [1.807, 2.05) is 0 Å². The van der Waals surface area contributed by atoms with Gasteiger partial charge in [-0.25, -0.2) is 10.8 Å². The van der Waals surface area contributed by atoms with E-state index in [1.165, 1.54) is 0 Å². The zero-order chi connectivity index (χ0) is 11.1. The van der Waals surface area contributed by atoms with Gasteiger partial charge in [-0.3, -0.25) is 4.79 Å². The second kappa shape index (κ2) is 5.98. The van der Waals surface area contributed by atoms with Crippen LogP contribution < -0.4 is 16.6 Å². The van der Waals surface area contributed by atoms with E-state index in [0.29, 0.717) is 17.9 Å². The number of unbranched alkanes of at least 4 members (excludes halogenated alkanes) is 1. The number of aromatic nitrogens is 1. The quantitative estimate of drug-likeness (QED) is 0.381. The molecular weight excluding hydrogens is 192 g/mol. The van der Waals surface area contributed by atoms with Crippen LogP contribution in [0, 0.1) is 0 Å². The Morgan fingerprint density at radius 3 is 3.07 bits per heavy atom. The van der Waals surface area contributed by atoms with Gasteiger partial charge in [0.05, 0.1) is 0 Å². The lowest BCUT2D eigenvalue weighted by Gasteiger charge is -2.05. The molecule has 4 N–H and O–H groups in total. The van der Waals surface area contributed by atoms with Crippen LogP contribution in [0.4, 0.5) is 5.82 Å².